The van der Waals surface area contributed by atoms with Crippen LogP contribution in [0.15, 0.2) is 18.5 Å². The fourth-order valence-electron chi connectivity index (χ4n) is 1.24. The second-order valence-electron chi connectivity index (χ2n) is 3.70. The normalized spacial score (nSPS) is 11.0. The number of allylic oxidation sites excluding steroid dienone is 1. The minimum Gasteiger partial charge on any atom is -0.383 e. The highest BCUT2D eigenvalue weighted by atomic mass is 16.5. The molecule has 0 atom stereocenters. The SMILES string of the molecule is COCc1ncc(C(=O)C=CN(C)C)n1C. The molecule has 0 aliphatic rings. The Morgan fingerprint density at radius 2 is 2.31 bits per heavy atom. The summed E-state index contributed by atoms with van der Waals surface area (Å²) in [5.74, 6) is 0.676. The van der Waals surface area contributed by atoms with Gasteiger partial charge in [-0.25, -0.2) is 4.98 Å². The van der Waals surface area contributed by atoms with Gasteiger partial charge in [0.1, 0.15) is 18.1 Å². The molecule has 1 rings (SSSR count). The number of methoxy groups -OCH3 is 1. The number of carbonyl (C=O) groups is 1. The van der Waals surface area contributed by atoms with Gasteiger partial charge in [-0.1, -0.05) is 0 Å². The van der Waals surface area contributed by atoms with Gasteiger partial charge in [0.2, 0.25) is 5.78 Å². The number of ether oxygens (including phenoxy) is 1. The maximum atomic E-state index is 11.8. The molecule has 88 valence electrons. The number of imidazole rings is 1. The molecule has 0 N–H and O–H groups in total. The maximum absolute atomic E-state index is 11.8. The van der Waals surface area contributed by atoms with E-state index in [1.807, 2.05) is 19.0 Å². The van der Waals surface area contributed by atoms with E-state index in [0.29, 0.717) is 12.3 Å². The highest BCUT2D eigenvalue weighted by molar-refractivity contribution is 6.03. The first kappa shape index (κ1) is 12.4. The van der Waals surface area contributed by atoms with Crippen LogP contribution in [0.5, 0.6) is 0 Å². The maximum Gasteiger partial charge on any atom is 0.205 e. The third-order valence-electron chi connectivity index (χ3n) is 2.13. The van der Waals surface area contributed by atoms with Gasteiger partial charge in [0.15, 0.2) is 0 Å². The van der Waals surface area contributed by atoms with Crippen molar-refractivity contribution < 1.29 is 9.53 Å². The van der Waals surface area contributed by atoms with Crippen molar-refractivity contribution in [2.75, 3.05) is 21.2 Å². The van der Waals surface area contributed by atoms with Crippen LogP contribution in [0.3, 0.4) is 0 Å². The van der Waals surface area contributed by atoms with Crippen LogP contribution in [0.25, 0.3) is 0 Å². The van der Waals surface area contributed by atoms with Gasteiger partial charge < -0.3 is 14.2 Å². The molecule has 0 fully saturated rings. The average Bonchev–Trinajstić information content (AvgIpc) is 2.58. The lowest BCUT2D eigenvalue weighted by atomic mass is 10.3. The average molecular weight is 223 g/mol. The number of nitrogens with zero attached hydrogens (tertiary/aromatic N) is 3. The number of ketones is 1. The number of carbonyl (C=O) groups excluding carboxylic acids is 1. The Balaban J connectivity index is 2.84. The zero-order valence-electron chi connectivity index (χ0n) is 10.1. The van der Waals surface area contributed by atoms with Crippen molar-refractivity contribution in [3.63, 3.8) is 0 Å². The Hall–Kier alpha value is -1.62. The molecule has 0 aliphatic heterocycles. The van der Waals surface area contributed by atoms with Crippen molar-refractivity contribution in [2.24, 2.45) is 7.05 Å². The van der Waals surface area contributed by atoms with E-state index in [9.17, 15) is 4.79 Å². The second-order valence-corrected chi connectivity index (χ2v) is 3.70. The largest absolute Gasteiger partial charge is 0.383 e. The number of rotatable bonds is 5. The summed E-state index contributed by atoms with van der Waals surface area (Å²) in [6, 6.07) is 0. The molecule has 0 bridgehead atoms. The molecular formula is C11H17N3O2. The first-order valence-electron chi connectivity index (χ1n) is 4.94. The van der Waals surface area contributed by atoms with Crippen LogP contribution in [0.4, 0.5) is 0 Å². The monoisotopic (exact) mass is 223 g/mol. The van der Waals surface area contributed by atoms with Gasteiger partial charge in [0.25, 0.3) is 0 Å². The lowest BCUT2D eigenvalue weighted by molar-refractivity contribution is 0.103. The lowest BCUT2D eigenvalue weighted by Gasteiger charge is -2.04. The molecule has 5 nitrogen and oxygen atoms in total. The number of hydrogen-bond donors (Lipinski definition) is 0. The van der Waals surface area contributed by atoms with Crippen LogP contribution < -0.4 is 0 Å². The van der Waals surface area contributed by atoms with Crippen LogP contribution in [0.2, 0.25) is 0 Å². The molecule has 1 heterocycles. The van der Waals surface area contributed by atoms with Crippen molar-refractivity contribution in [2.45, 2.75) is 6.61 Å². The summed E-state index contributed by atoms with van der Waals surface area (Å²) in [7, 11) is 7.13. The fraction of sp³-hybridized carbons (Fsp3) is 0.455. The van der Waals surface area contributed by atoms with E-state index in [1.54, 1.807) is 31.1 Å². The summed E-state index contributed by atoms with van der Waals surface area (Å²) in [4.78, 5) is 17.7. The molecule has 5 heteroatoms. The van der Waals surface area contributed by atoms with Crippen LogP contribution in [-0.2, 0) is 18.4 Å². The standard InChI is InChI=1S/C11H17N3O2/c1-13(2)6-5-10(15)9-7-12-11(8-16-4)14(9)3/h5-7H,8H2,1-4H3. The molecule has 0 radical (unpaired) electrons. The molecule has 0 aromatic carbocycles. The summed E-state index contributed by atoms with van der Waals surface area (Å²) < 4.78 is 6.72. The van der Waals surface area contributed by atoms with Crippen LogP contribution in [-0.4, -0.2) is 41.4 Å². The zero-order valence-corrected chi connectivity index (χ0v) is 10.1. The van der Waals surface area contributed by atoms with Gasteiger partial charge in [-0.3, -0.25) is 4.79 Å². The number of hydrogen-bond acceptors (Lipinski definition) is 4. The van der Waals surface area contributed by atoms with Gasteiger partial charge in [0, 0.05) is 40.5 Å². The smallest absolute Gasteiger partial charge is 0.205 e. The van der Waals surface area contributed by atoms with Crippen molar-refractivity contribution in [3.8, 4) is 0 Å². The Labute approximate surface area is 95.3 Å². The van der Waals surface area contributed by atoms with Crippen molar-refractivity contribution in [1.29, 1.82) is 0 Å². The minimum absolute atomic E-state index is 0.0638. The summed E-state index contributed by atoms with van der Waals surface area (Å²) >= 11 is 0. The predicted octanol–water partition coefficient (Wildman–Crippen LogP) is 0.825. The van der Waals surface area contributed by atoms with Gasteiger partial charge in [0.05, 0.1) is 6.20 Å². The summed E-state index contributed by atoms with van der Waals surface area (Å²) in [5.41, 5.74) is 0.560. The quantitative estimate of drug-likeness (QED) is 0.548. The first-order valence-corrected chi connectivity index (χ1v) is 4.94. The van der Waals surface area contributed by atoms with Gasteiger partial charge in [-0.2, -0.15) is 0 Å². The van der Waals surface area contributed by atoms with E-state index in [0.717, 1.165) is 5.82 Å². The molecule has 0 unspecified atom stereocenters. The molecule has 16 heavy (non-hydrogen) atoms. The molecule has 0 amide bonds. The predicted molar refractivity (Wildman–Crippen MR) is 61.1 cm³/mol. The van der Waals surface area contributed by atoms with E-state index in [-0.39, 0.29) is 5.78 Å². The Morgan fingerprint density at radius 1 is 1.62 bits per heavy atom. The van der Waals surface area contributed by atoms with Crippen molar-refractivity contribution >= 4 is 5.78 Å². The molecule has 0 spiro atoms. The van der Waals surface area contributed by atoms with E-state index in [4.69, 9.17) is 4.74 Å². The van der Waals surface area contributed by atoms with Crippen molar-refractivity contribution in [1.82, 2.24) is 14.5 Å². The van der Waals surface area contributed by atoms with Crippen LogP contribution in [0, 0.1) is 0 Å². The number of aromatic nitrogens is 2. The van der Waals surface area contributed by atoms with Crippen molar-refractivity contribution in [3.05, 3.63) is 30.0 Å². The summed E-state index contributed by atoms with van der Waals surface area (Å²) in [6.45, 7) is 0.404. The van der Waals surface area contributed by atoms with Crippen LogP contribution in [0.1, 0.15) is 16.3 Å². The molecular weight excluding hydrogens is 206 g/mol. The lowest BCUT2D eigenvalue weighted by Crippen LogP contribution is -2.08. The Morgan fingerprint density at radius 3 is 2.88 bits per heavy atom. The molecule has 0 aliphatic carbocycles. The van der Waals surface area contributed by atoms with E-state index >= 15 is 0 Å². The molecule has 1 aromatic rings. The Kier molecular flexibility index (Phi) is 4.25. The third kappa shape index (κ3) is 2.93. The van der Waals surface area contributed by atoms with Crippen LogP contribution >= 0.6 is 0 Å². The zero-order chi connectivity index (χ0) is 12.1. The van der Waals surface area contributed by atoms with E-state index < -0.39 is 0 Å². The second kappa shape index (κ2) is 5.46. The van der Waals surface area contributed by atoms with E-state index in [1.165, 1.54) is 6.08 Å². The summed E-state index contributed by atoms with van der Waals surface area (Å²) in [6.07, 6.45) is 4.80. The van der Waals surface area contributed by atoms with Gasteiger partial charge >= 0.3 is 0 Å². The topological polar surface area (TPSA) is 47.4 Å². The molecule has 0 saturated heterocycles. The molecule has 1 aromatic heterocycles. The van der Waals surface area contributed by atoms with Gasteiger partial charge in [-0.05, 0) is 0 Å². The Bertz CT molecular complexity index is 394. The highest BCUT2D eigenvalue weighted by Gasteiger charge is 2.11. The minimum atomic E-state index is -0.0638. The third-order valence-corrected chi connectivity index (χ3v) is 2.13. The molecule has 0 saturated carbocycles. The summed E-state index contributed by atoms with van der Waals surface area (Å²) in [5, 5.41) is 0. The highest BCUT2D eigenvalue weighted by Crippen LogP contribution is 2.05. The van der Waals surface area contributed by atoms with E-state index in [2.05, 4.69) is 4.98 Å². The first-order chi connectivity index (χ1) is 7.56. The fourth-order valence-corrected chi connectivity index (χ4v) is 1.24. The van der Waals surface area contributed by atoms with Gasteiger partial charge in [-0.15, -0.1) is 0 Å².